The highest BCUT2D eigenvalue weighted by atomic mass is 16.7. The monoisotopic (exact) mass is 280 g/mol. The van der Waals surface area contributed by atoms with Crippen molar-refractivity contribution in [3.05, 3.63) is 29.3 Å². The lowest BCUT2D eigenvalue weighted by atomic mass is 9.94. The second-order valence-electron chi connectivity index (χ2n) is 4.98. The molecule has 0 saturated carbocycles. The zero-order chi connectivity index (χ0) is 15.0. The molecule has 0 radical (unpaired) electrons. The molecule has 0 aliphatic rings. The van der Waals surface area contributed by atoms with Gasteiger partial charge in [0.05, 0.1) is 6.61 Å². The quantitative estimate of drug-likeness (QED) is 0.416. The highest BCUT2D eigenvalue weighted by Gasteiger charge is 2.12. The fraction of sp³-hybridized carbons (Fsp3) is 0.562. The second-order valence-corrected chi connectivity index (χ2v) is 4.98. The van der Waals surface area contributed by atoms with Crippen molar-refractivity contribution < 1.29 is 19.0 Å². The fourth-order valence-electron chi connectivity index (χ4n) is 2.06. The van der Waals surface area contributed by atoms with Gasteiger partial charge in [0, 0.05) is 14.0 Å². The molecule has 0 aliphatic carbocycles. The Kier molecular flexibility index (Phi) is 7.09. The lowest BCUT2D eigenvalue weighted by Crippen LogP contribution is -2.06. The molecule has 20 heavy (non-hydrogen) atoms. The van der Waals surface area contributed by atoms with E-state index in [1.165, 1.54) is 6.92 Å². The number of carbonyl (C=O) groups excluding carboxylic acids is 1. The maximum absolute atomic E-state index is 10.7. The van der Waals surface area contributed by atoms with E-state index in [0.29, 0.717) is 12.5 Å². The second kappa shape index (κ2) is 8.59. The first-order chi connectivity index (χ1) is 9.54. The summed E-state index contributed by atoms with van der Waals surface area (Å²) < 4.78 is 15.5. The minimum atomic E-state index is -0.225. The molecule has 1 aromatic carbocycles. The van der Waals surface area contributed by atoms with Crippen LogP contribution in [0.1, 0.15) is 43.7 Å². The van der Waals surface area contributed by atoms with Crippen LogP contribution in [0.5, 0.6) is 5.75 Å². The number of carbonyl (C=O) groups is 1. The van der Waals surface area contributed by atoms with Crippen molar-refractivity contribution in [3.63, 3.8) is 0 Å². The Morgan fingerprint density at radius 2 is 2.10 bits per heavy atom. The molecule has 0 unspecified atom stereocenters. The van der Waals surface area contributed by atoms with Crippen molar-refractivity contribution in [2.75, 3.05) is 20.5 Å². The highest BCUT2D eigenvalue weighted by Crippen LogP contribution is 2.30. The summed E-state index contributed by atoms with van der Waals surface area (Å²) in [5.41, 5.74) is 2.32. The van der Waals surface area contributed by atoms with Gasteiger partial charge in [-0.05, 0) is 42.9 Å². The average Bonchev–Trinajstić information content (AvgIpc) is 2.41. The first-order valence-corrected chi connectivity index (χ1v) is 6.90. The number of hydrogen-bond donors (Lipinski definition) is 0. The van der Waals surface area contributed by atoms with Crippen molar-refractivity contribution in [2.45, 2.75) is 39.5 Å². The summed E-state index contributed by atoms with van der Waals surface area (Å²) in [7, 11) is 1.61. The van der Waals surface area contributed by atoms with E-state index in [1.54, 1.807) is 7.11 Å². The Labute approximate surface area is 121 Å². The van der Waals surface area contributed by atoms with Crippen LogP contribution in [-0.2, 0) is 14.3 Å². The van der Waals surface area contributed by atoms with Crippen LogP contribution in [0, 0.1) is 6.92 Å². The number of esters is 1. The van der Waals surface area contributed by atoms with Gasteiger partial charge >= 0.3 is 5.97 Å². The molecule has 0 bridgehead atoms. The third-order valence-corrected chi connectivity index (χ3v) is 3.12. The van der Waals surface area contributed by atoms with Gasteiger partial charge in [0.25, 0.3) is 0 Å². The molecule has 1 atom stereocenters. The minimum Gasteiger partial charge on any atom is -0.467 e. The number of ether oxygens (including phenoxy) is 3. The summed E-state index contributed by atoms with van der Waals surface area (Å²) in [5, 5.41) is 0. The molecule has 0 N–H and O–H groups in total. The minimum absolute atomic E-state index is 0.225. The van der Waals surface area contributed by atoms with E-state index < -0.39 is 0 Å². The normalized spacial score (nSPS) is 12.0. The SMILES string of the molecule is COCOc1cc(C)ccc1[C@H](C)CCCOC(C)=O. The molecule has 112 valence electrons. The van der Waals surface area contributed by atoms with Crippen LogP contribution in [-0.4, -0.2) is 26.5 Å². The molecule has 4 nitrogen and oxygen atoms in total. The molecule has 0 spiro atoms. The molecule has 0 amide bonds. The lowest BCUT2D eigenvalue weighted by molar-refractivity contribution is -0.141. The molecule has 1 rings (SSSR count). The molecular formula is C16H24O4. The molecule has 0 saturated heterocycles. The number of hydrogen-bond acceptors (Lipinski definition) is 4. The van der Waals surface area contributed by atoms with E-state index in [1.807, 2.05) is 13.0 Å². The van der Waals surface area contributed by atoms with Gasteiger partial charge in [-0.25, -0.2) is 0 Å². The van der Waals surface area contributed by atoms with Crippen LogP contribution in [0.3, 0.4) is 0 Å². The maximum Gasteiger partial charge on any atom is 0.302 e. The van der Waals surface area contributed by atoms with Gasteiger partial charge in [0.15, 0.2) is 6.79 Å². The van der Waals surface area contributed by atoms with E-state index in [-0.39, 0.29) is 12.8 Å². The summed E-state index contributed by atoms with van der Waals surface area (Å²) in [5.74, 6) is 0.988. The molecular weight excluding hydrogens is 256 g/mol. The van der Waals surface area contributed by atoms with Crippen LogP contribution in [0.15, 0.2) is 18.2 Å². The summed E-state index contributed by atoms with van der Waals surface area (Å²) in [6, 6.07) is 6.20. The first-order valence-electron chi connectivity index (χ1n) is 6.90. The number of benzene rings is 1. The van der Waals surface area contributed by atoms with Gasteiger partial charge in [0.2, 0.25) is 0 Å². The van der Waals surface area contributed by atoms with E-state index >= 15 is 0 Å². The third kappa shape index (κ3) is 5.61. The smallest absolute Gasteiger partial charge is 0.302 e. The van der Waals surface area contributed by atoms with Crippen LogP contribution < -0.4 is 4.74 Å². The molecule has 1 aromatic rings. The molecule has 0 aromatic heterocycles. The van der Waals surface area contributed by atoms with Gasteiger partial charge in [0.1, 0.15) is 5.75 Å². The highest BCUT2D eigenvalue weighted by molar-refractivity contribution is 5.65. The molecule has 0 heterocycles. The average molecular weight is 280 g/mol. The van der Waals surface area contributed by atoms with Crippen molar-refractivity contribution in [2.24, 2.45) is 0 Å². The van der Waals surface area contributed by atoms with E-state index in [0.717, 1.165) is 29.7 Å². The summed E-state index contributed by atoms with van der Waals surface area (Å²) in [4.78, 5) is 10.7. The molecule has 4 heteroatoms. The Morgan fingerprint density at radius 1 is 1.35 bits per heavy atom. The van der Waals surface area contributed by atoms with Crippen molar-refractivity contribution >= 4 is 5.97 Å². The Morgan fingerprint density at radius 3 is 2.75 bits per heavy atom. The van der Waals surface area contributed by atoms with Gasteiger partial charge in [-0.2, -0.15) is 0 Å². The Bertz CT molecular complexity index is 428. The number of aryl methyl sites for hydroxylation is 1. The van der Waals surface area contributed by atoms with Crippen LogP contribution >= 0.6 is 0 Å². The van der Waals surface area contributed by atoms with E-state index in [9.17, 15) is 4.79 Å². The zero-order valence-corrected chi connectivity index (χ0v) is 12.8. The molecule has 0 fully saturated rings. The summed E-state index contributed by atoms with van der Waals surface area (Å²) in [6.45, 7) is 6.34. The number of rotatable bonds is 8. The molecule has 0 aliphatic heterocycles. The van der Waals surface area contributed by atoms with Crippen molar-refractivity contribution in [1.82, 2.24) is 0 Å². The largest absolute Gasteiger partial charge is 0.467 e. The maximum atomic E-state index is 10.7. The van der Waals surface area contributed by atoms with Crippen molar-refractivity contribution in [3.8, 4) is 5.75 Å². The summed E-state index contributed by atoms with van der Waals surface area (Å²) in [6.07, 6.45) is 1.79. The predicted molar refractivity (Wildman–Crippen MR) is 78.0 cm³/mol. The van der Waals surface area contributed by atoms with Crippen LogP contribution in [0.25, 0.3) is 0 Å². The zero-order valence-electron chi connectivity index (χ0n) is 12.8. The number of methoxy groups -OCH3 is 1. The fourth-order valence-corrected chi connectivity index (χ4v) is 2.06. The Balaban J connectivity index is 2.61. The Hall–Kier alpha value is -1.55. The standard InChI is InChI=1S/C16H24O4/c1-12-7-8-15(16(10-12)20-11-18-4)13(2)6-5-9-19-14(3)17/h7-8,10,13H,5-6,9,11H2,1-4H3/t13-/m1/s1. The van der Waals surface area contributed by atoms with Gasteiger partial charge in [-0.15, -0.1) is 0 Å². The van der Waals surface area contributed by atoms with Gasteiger partial charge in [-0.3, -0.25) is 4.79 Å². The third-order valence-electron chi connectivity index (χ3n) is 3.12. The van der Waals surface area contributed by atoms with Crippen LogP contribution in [0.4, 0.5) is 0 Å². The van der Waals surface area contributed by atoms with Crippen LogP contribution in [0.2, 0.25) is 0 Å². The van der Waals surface area contributed by atoms with E-state index in [2.05, 4.69) is 19.1 Å². The summed E-state index contributed by atoms with van der Waals surface area (Å²) >= 11 is 0. The van der Waals surface area contributed by atoms with E-state index in [4.69, 9.17) is 14.2 Å². The topological polar surface area (TPSA) is 44.8 Å². The van der Waals surface area contributed by atoms with Gasteiger partial charge < -0.3 is 14.2 Å². The predicted octanol–water partition coefficient (Wildman–Crippen LogP) is 3.42. The lowest BCUT2D eigenvalue weighted by Gasteiger charge is -2.17. The van der Waals surface area contributed by atoms with Gasteiger partial charge in [-0.1, -0.05) is 19.1 Å². The van der Waals surface area contributed by atoms with Crippen molar-refractivity contribution in [1.29, 1.82) is 0 Å². The first kappa shape index (κ1) is 16.5.